The van der Waals surface area contributed by atoms with E-state index in [1.54, 1.807) is 12.1 Å². The molecule has 0 aliphatic carbocycles. The largest absolute Gasteiger partial charge is 0.449 e. The lowest BCUT2D eigenvalue weighted by atomic mass is 9.92. The molecular formula is C24H23NO4. The van der Waals surface area contributed by atoms with Crippen molar-refractivity contribution in [1.29, 1.82) is 0 Å². The fraction of sp³-hybridized carbons (Fsp3) is 0.292. The third-order valence-corrected chi connectivity index (χ3v) is 4.99. The minimum absolute atomic E-state index is 0.0479. The number of carbonyl (C=O) groups is 3. The zero-order valence-electron chi connectivity index (χ0n) is 17.0. The number of benzene rings is 2. The second-order valence-electron chi connectivity index (χ2n) is 7.55. The molecule has 2 aromatic rings. The molecule has 5 nitrogen and oxygen atoms in total. The van der Waals surface area contributed by atoms with Gasteiger partial charge >= 0.3 is 5.97 Å². The minimum Gasteiger partial charge on any atom is -0.449 e. The number of ether oxygens (including phenoxy) is 1. The van der Waals surface area contributed by atoms with Gasteiger partial charge in [0.05, 0.1) is 22.4 Å². The summed E-state index contributed by atoms with van der Waals surface area (Å²) in [4.78, 5) is 40.3. The van der Waals surface area contributed by atoms with Gasteiger partial charge in [0.1, 0.15) is 0 Å². The minimum atomic E-state index is -0.718. The smallest absolute Gasteiger partial charge is 0.339 e. The molecule has 0 saturated carbocycles. The summed E-state index contributed by atoms with van der Waals surface area (Å²) in [7, 11) is 0. The summed E-state index contributed by atoms with van der Waals surface area (Å²) in [5.74, 6) is 0.758. The van der Waals surface area contributed by atoms with Crippen LogP contribution in [0.25, 0.3) is 0 Å². The number of esters is 1. The van der Waals surface area contributed by atoms with Crippen molar-refractivity contribution in [3.63, 3.8) is 0 Å². The van der Waals surface area contributed by atoms with Gasteiger partial charge in [0.2, 0.25) is 0 Å². The molecule has 29 heavy (non-hydrogen) atoms. The molecular weight excluding hydrogens is 366 g/mol. The van der Waals surface area contributed by atoms with Crippen LogP contribution >= 0.6 is 0 Å². The van der Waals surface area contributed by atoms with Crippen LogP contribution < -0.4 is 4.90 Å². The number of rotatable bonds is 5. The predicted molar refractivity (Wildman–Crippen MR) is 111 cm³/mol. The fourth-order valence-electron chi connectivity index (χ4n) is 3.61. The lowest BCUT2D eigenvalue weighted by molar-refractivity contribution is 0.0553. The van der Waals surface area contributed by atoms with Gasteiger partial charge in [-0.05, 0) is 35.1 Å². The summed E-state index contributed by atoms with van der Waals surface area (Å²) in [5, 5.41) is 0. The molecule has 1 aliphatic heterocycles. The Morgan fingerprint density at radius 3 is 2.14 bits per heavy atom. The molecule has 0 N–H and O–H groups in total. The van der Waals surface area contributed by atoms with Gasteiger partial charge in [-0.1, -0.05) is 57.9 Å². The van der Waals surface area contributed by atoms with Gasteiger partial charge in [0, 0.05) is 0 Å². The van der Waals surface area contributed by atoms with Crippen LogP contribution in [0.1, 0.15) is 81.7 Å². The molecule has 0 bridgehead atoms. The molecule has 0 spiro atoms. The van der Waals surface area contributed by atoms with Crippen molar-refractivity contribution < 1.29 is 19.1 Å². The zero-order chi connectivity index (χ0) is 21.3. The van der Waals surface area contributed by atoms with Gasteiger partial charge in [-0.15, -0.1) is 6.42 Å². The maximum atomic E-state index is 13.4. The Balaban J connectivity index is 2.19. The molecule has 5 heteroatoms. The van der Waals surface area contributed by atoms with Crippen molar-refractivity contribution in [2.24, 2.45) is 0 Å². The molecule has 0 unspecified atom stereocenters. The van der Waals surface area contributed by atoms with E-state index in [9.17, 15) is 14.4 Å². The zero-order valence-corrected chi connectivity index (χ0v) is 17.0. The van der Waals surface area contributed by atoms with Crippen LogP contribution in [0, 0.1) is 12.3 Å². The normalized spacial score (nSPS) is 13.1. The fourth-order valence-corrected chi connectivity index (χ4v) is 3.61. The van der Waals surface area contributed by atoms with Crippen molar-refractivity contribution >= 4 is 23.5 Å². The number of anilines is 1. The Morgan fingerprint density at radius 1 is 1.00 bits per heavy atom. The Labute approximate surface area is 170 Å². The highest BCUT2D eigenvalue weighted by atomic mass is 16.5. The lowest BCUT2D eigenvalue weighted by Gasteiger charge is -2.25. The number of imide groups is 1. The summed E-state index contributed by atoms with van der Waals surface area (Å²) < 4.78 is 4.99. The monoisotopic (exact) mass is 389 g/mol. The number of terminal acetylenes is 1. The summed E-state index contributed by atoms with van der Waals surface area (Å²) in [6.07, 6.45) is 5.15. The predicted octanol–water partition coefficient (Wildman–Crippen LogP) is 4.52. The first-order valence-corrected chi connectivity index (χ1v) is 9.54. The number of nitrogens with zero attached hydrogens (tertiary/aromatic N) is 1. The summed E-state index contributed by atoms with van der Waals surface area (Å²) in [5.41, 5.74) is 2.72. The van der Waals surface area contributed by atoms with E-state index in [-0.39, 0.29) is 35.1 Å². The Bertz CT molecular complexity index is 1020. The number of para-hydroxylation sites is 1. The van der Waals surface area contributed by atoms with E-state index in [4.69, 9.17) is 11.2 Å². The second kappa shape index (κ2) is 7.92. The van der Waals surface area contributed by atoms with Crippen LogP contribution in [0.15, 0.2) is 36.4 Å². The van der Waals surface area contributed by atoms with Gasteiger partial charge in [0.15, 0.2) is 6.61 Å². The number of amides is 2. The maximum absolute atomic E-state index is 13.4. The number of hydrogen-bond acceptors (Lipinski definition) is 4. The highest BCUT2D eigenvalue weighted by molar-refractivity contribution is 6.36. The van der Waals surface area contributed by atoms with Crippen molar-refractivity contribution in [3.8, 4) is 12.3 Å². The highest BCUT2D eigenvalue weighted by Crippen LogP contribution is 2.40. The first kappa shape index (κ1) is 20.3. The quantitative estimate of drug-likeness (QED) is 0.428. The molecule has 3 rings (SSSR count). The maximum Gasteiger partial charge on any atom is 0.339 e. The summed E-state index contributed by atoms with van der Waals surface area (Å²) >= 11 is 0. The molecule has 0 fully saturated rings. The van der Waals surface area contributed by atoms with Crippen molar-refractivity contribution in [1.82, 2.24) is 0 Å². The molecule has 148 valence electrons. The molecule has 0 aromatic heterocycles. The molecule has 2 aromatic carbocycles. The van der Waals surface area contributed by atoms with E-state index < -0.39 is 17.8 Å². The van der Waals surface area contributed by atoms with E-state index in [1.165, 1.54) is 11.0 Å². The number of fused-ring (bicyclic) bond motifs is 1. The van der Waals surface area contributed by atoms with Gasteiger partial charge in [-0.2, -0.15) is 0 Å². The van der Waals surface area contributed by atoms with E-state index in [2.05, 4.69) is 5.92 Å². The van der Waals surface area contributed by atoms with Crippen molar-refractivity contribution in [2.75, 3.05) is 11.5 Å². The van der Waals surface area contributed by atoms with Gasteiger partial charge in [-0.3, -0.25) is 9.59 Å². The van der Waals surface area contributed by atoms with Crippen LogP contribution in [0.3, 0.4) is 0 Å². The highest BCUT2D eigenvalue weighted by Gasteiger charge is 2.42. The Morgan fingerprint density at radius 2 is 1.59 bits per heavy atom. The summed E-state index contributed by atoms with van der Waals surface area (Å²) in [6.45, 7) is 7.86. The van der Waals surface area contributed by atoms with Gasteiger partial charge < -0.3 is 4.74 Å². The van der Waals surface area contributed by atoms with Gasteiger partial charge in [-0.25, -0.2) is 9.69 Å². The third-order valence-electron chi connectivity index (χ3n) is 4.99. The van der Waals surface area contributed by atoms with Crippen molar-refractivity contribution in [2.45, 2.75) is 39.5 Å². The molecule has 1 heterocycles. The molecule has 0 saturated heterocycles. The number of hydrogen-bond donors (Lipinski definition) is 0. The van der Waals surface area contributed by atoms with Crippen LogP contribution in [-0.4, -0.2) is 24.4 Å². The first-order chi connectivity index (χ1) is 13.8. The second-order valence-corrected chi connectivity index (χ2v) is 7.55. The van der Waals surface area contributed by atoms with Crippen LogP contribution in [0.2, 0.25) is 0 Å². The summed E-state index contributed by atoms with van der Waals surface area (Å²) in [6, 6.07) is 10.4. The van der Waals surface area contributed by atoms with Crippen molar-refractivity contribution in [3.05, 3.63) is 64.2 Å². The van der Waals surface area contributed by atoms with E-state index in [0.717, 1.165) is 11.1 Å². The SMILES string of the molecule is C#CCOC(=O)c1cccc2c1C(=O)N(c1c(C(C)C)cccc1C(C)C)C2=O. The standard InChI is InChI=1S/C24H23NO4/c1-6-13-29-24(28)19-12-8-11-18-20(19)23(27)25(22(18)26)21-16(14(2)3)9-7-10-17(21)15(4)5/h1,7-12,14-15H,13H2,2-5H3. The Kier molecular flexibility index (Phi) is 5.56. The molecule has 2 amide bonds. The van der Waals surface area contributed by atoms with Crippen LogP contribution in [0.4, 0.5) is 5.69 Å². The molecule has 0 atom stereocenters. The van der Waals surface area contributed by atoms with Gasteiger partial charge in [0.25, 0.3) is 11.8 Å². The molecule has 1 aliphatic rings. The van der Waals surface area contributed by atoms with Crippen LogP contribution in [0.5, 0.6) is 0 Å². The molecule has 0 radical (unpaired) electrons. The van der Waals surface area contributed by atoms with E-state index >= 15 is 0 Å². The van der Waals surface area contributed by atoms with E-state index in [0.29, 0.717) is 5.69 Å². The lowest BCUT2D eigenvalue weighted by Crippen LogP contribution is -2.32. The van der Waals surface area contributed by atoms with E-state index in [1.807, 2.05) is 45.9 Å². The van der Waals surface area contributed by atoms with Crippen LogP contribution in [-0.2, 0) is 4.74 Å². The number of carbonyl (C=O) groups excluding carboxylic acids is 3. The first-order valence-electron chi connectivity index (χ1n) is 9.54. The average molecular weight is 389 g/mol. The third kappa shape index (κ3) is 3.42. The Hall–Kier alpha value is -3.39. The topological polar surface area (TPSA) is 63.7 Å². The average Bonchev–Trinajstić information content (AvgIpc) is 2.95.